The molecule has 1 saturated heterocycles. The van der Waals surface area contributed by atoms with Crippen LogP contribution in [0.1, 0.15) is 19.8 Å². The lowest BCUT2D eigenvalue weighted by Crippen LogP contribution is -2.35. The van der Waals surface area contributed by atoms with E-state index >= 15 is 0 Å². The first kappa shape index (κ1) is 13.8. The minimum atomic E-state index is 0.248. The predicted molar refractivity (Wildman–Crippen MR) is 82.1 cm³/mol. The number of carbonyl (C=O) groups is 1. The molecule has 0 radical (unpaired) electrons. The van der Waals surface area contributed by atoms with Gasteiger partial charge in [0, 0.05) is 37.3 Å². The van der Waals surface area contributed by atoms with Crippen molar-refractivity contribution in [1.82, 2.24) is 14.8 Å². The lowest BCUT2D eigenvalue weighted by atomic mass is 9.93. The highest BCUT2D eigenvalue weighted by Crippen LogP contribution is 2.25. The van der Waals surface area contributed by atoms with Crippen molar-refractivity contribution < 1.29 is 4.79 Å². The number of hydrogen-bond donors (Lipinski definition) is 0. The second kappa shape index (κ2) is 5.68. The van der Waals surface area contributed by atoms with Crippen LogP contribution in [0.2, 0.25) is 0 Å². The monoisotopic (exact) mass is 284 g/mol. The van der Waals surface area contributed by atoms with Gasteiger partial charge in [-0.15, -0.1) is 0 Å². The van der Waals surface area contributed by atoms with Gasteiger partial charge < -0.3 is 4.90 Å². The fraction of sp³-hybridized carbons (Fsp3) is 0.438. The van der Waals surface area contributed by atoms with Gasteiger partial charge in [0.25, 0.3) is 0 Å². The number of hydrogen-bond acceptors (Lipinski definition) is 4. The van der Waals surface area contributed by atoms with Crippen LogP contribution in [0.4, 0.5) is 5.69 Å². The van der Waals surface area contributed by atoms with Crippen molar-refractivity contribution in [3.63, 3.8) is 0 Å². The summed E-state index contributed by atoms with van der Waals surface area (Å²) in [6.45, 7) is 3.60. The molecule has 0 N–H and O–H groups in total. The lowest BCUT2D eigenvalue weighted by molar-refractivity contribution is -0.121. The van der Waals surface area contributed by atoms with Crippen LogP contribution in [0, 0.1) is 5.92 Å². The average molecular weight is 284 g/mol. The second-order valence-electron chi connectivity index (χ2n) is 5.66. The van der Waals surface area contributed by atoms with Gasteiger partial charge in [-0.05, 0) is 44.0 Å². The van der Waals surface area contributed by atoms with Gasteiger partial charge in [0.05, 0.1) is 0 Å². The molecule has 5 nitrogen and oxygen atoms in total. The molecule has 0 amide bonds. The van der Waals surface area contributed by atoms with Crippen molar-refractivity contribution in [3.8, 4) is 11.4 Å². The standard InChI is InChI=1S/C16H20N4O/c1-12(21)13-7-9-20(10-8-13)15-5-3-14(4-6-15)16-17-11-19(2)18-16/h3-6,11,13H,7-10H2,1-2H3. The maximum atomic E-state index is 11.4. The zero-order valence-corrected chi connectivity index (χ0v) is 12.5. The van der Waals surface area contributed by atoms with Crippen molar-refractivity contribution in [2.45, 2.75) is 19.8 Å². The van der Waals surface area contributed by atoms with Gasteiger partial charge in [-0.3, -0.25) is 9.48 Å². The lowest BCUT2D eigenvalue weighted by Gasteiger charge is -2.32. The Morgan fingerprint density at radius 2 is 1.86 bits per heavy atom. The summed E-state index contributed by atoms with van der Waals surface area (Å²) in [7, 11) is 1.87. The Balaban J connectivity index is 1.69. The summed E-state index contributed by atoms with van der Waals surface area (Å²) in [5.41, 5.74) is 2.23. The maximum Gasteiger partial charge on any atom is 0.181 e. The number of aromatic nitrogens is 3. The first-order valence-electron chi connectivity index (χ1n) is 7.35. The van der Waals surface area contributed by atoms with Crippen LogP contribution in [-0.4, -0.2) is 33.6 Å². The van der Waals surface area contributed by atoms with E-state index in [4.69, 9.17) is 0 Å². The molecule has 2 heterocycles. The number of aryl methyl sites for hydroxylation is 1. The molecule has 1 fully saturated rings. The van der Waals surface area contributed by atoms with Crippen molar-refractivity contribution in [3.05, 3.63) is 30.6 Å². The van der Waals surface area contributed by atoms with E-state index in [2.05, 4.69) is 39.2 Å². The number of benzene rings is 1. The third-order valence-electron chi connectivity index (χ3n) is 4.16. The highest BCUT2D eigenvalue weighted by atomic mass is 16.1. The number of anilines is 1. The molecule has 1 aliphatic rings. The number of nitrogens with zero attached hydrogens (tertiary/aromatic N) is 4. The van der Waals surface area contributed by atoms with Crippen LogP contribution in [0.5, 0.6) is 0 Å². The van der Waals surface area contributed by atoms with Crippen molar-refractivity contribution >= 4 is 11.5 Å². The van der Waals surface area contributed by atoms with E-state index in [1.165, 1.54) is 5.69 Å². The van der Waals surface area contributed by atoms with Crippen molar-refractivity contribution in [2.24, 2.45) is 13.0 Å². The van der Waals surface area contributed by atoms with E-state index in [1.54, 1.807) is 17.9 Å². The Morgan fingerprint density at radius 1 is 1.19 bits per heavy atom. The quantitative estimate of drug-likeness (QED) is 0.867. The fourth-order valence-electron chi connectivity index (χ4n) is 2.84. The van der Waals surface area contributed by atoms with Gasteiger partial charge in [0.2, 0.25) is 0 Å². The normalized spacial score (nSPS) is 16.2. The molecule has 0 bridgehead atoms. The Hall–Kier alpha value is -2.17. The summed E-state index contributed by atoms with van der Waals surface area (Å²) in [6.07, 6.45) is 3.62. The van der Waals surface area contributed by atoms with Crippen LogP contribution in [0.3, 0.4) is 0 Å². The molecular formula is C16H20N4O. The van der Waals surface area contributed by atoms with Crippen LogP contribution in [0.25, 0.3) is 11.4 Å². The van der Waals surface area contributed by atoms with Gasteiger partial charge in [-0.1, -0.05) is 0 Å². The number of rotatable bonds is 3. The molecule has 1 aromatic carbocycles. The summed E-state index contributed by atoms with van der Waals surface area (Å²) in [6, 6.07) is 8.34. The minimum absolute atomic E-state index is 0.248. The van der Waals surface area contributed by atoms with Crippen LogP contribution in [0.15, 0.2) is 30.6 Å². The third kappa shape index (κ3) is 2.96. The molecule has 5 heteroatoms. The van der Waals surface area contributed by atoms with Gasteiger partial charge in [-0.25, -0.2) is 4.98 Å². The maximum absolute atomic E-state index is 11.4. The minimum Gasteiger partial charge on any atom is -0.371 e. The Bertz CT molecular complexity index is 624. The van der Waals surface area contributed by atoms with Gasteiger partial charge in [0.15, 0.2) is 5.82 Å². The molecule has 0 unspecified atom stereocenters. The molecular weight excluding hydrogens is 264 g/mol. The number of Topliss-reactive ketones (excluding diaryl/α,β-unsaturated/α-hetero) is 1. The van der Waals surface area contributed by atoms with E-state index < -0.39 is 0 Å². The zero-order valence-electron chi connectivity index (χ0n) is 12.5. The predicted octanol–water partition coefficient (Wildman–Crippen LogP) is 2.29. The smallest absolute Gasteiger partial charge is 0.181 e. The van der Waals surface area contributed by atoms with E-state index in [0.29, 0.717) is 5.78 Å². The van der Waals surface area contributed by atoms with Crippen molar-refractivity contribution in [2.75, 3.05) is 18.0 Å². The molecule has 0 aliphatic carbocycles. The van der Waals surface area contributed by atoms with Crippen LogP contribution in [-0.2, 0) is 11.8 Å². The van der Waals surface area contributed by atoms with E-state index in [1.807, 2.05) is 7.05 Å². The van der Waals surface area contributed by atoms with Gasteiger partial charge in [-0.2, -0.15) is 5.10 Å². The van der Waals surface area contributed by atoms with Crippen molar-refractivity contribution in [1.29, 1.82) is 0 Å². The molecule has 1 aromatic heterocycles. The second-order valence-corrected chi connectivity index (χ2v) is 5.66. The summed E-state index contributed by atoms with van der Waals surface area (Å²) >= 11 is 0. The van der Waals surface area contributed by atoms with Gasteiger partial charge >= 0.3 is 0 Å². The Kier molecular flexibility index (Phi) is 3.73. The molecule has 1 aliphatic heterocycles. The molecule has 0 atom stereocenters. The zero-order chi connectivity index (χ0) is 14.8. The molecule has 0 saturated carbocycles. The summed E-state index contributed by atoms with van der Waals surface area (Å²) < 4.78 is 1.70. The number of ketones is 1. The molecule has 21 heavy (non-hydrogen) atoms. The highest BCUT2D eigenvalue weighted by molar-refractivity contribution is 5.78. The first-order chi connectivity index (χ1) is 10.1. The summed E-state index contributed by atoms with van der Waals surface area (Å²) in [5.74, 6) is 1.32. The van der Waals surface area contributed by atoms with Crippen LogP contribution >= 0.6 is 0 Å². The van der Waals surface area contributed by atoms with E-state index in [-0.39, 0.29) is 5.92 Å². The van der Waals surface area contributed by atoms with E-state index in [0.717, 1.165) is 37.3 Å². The molecule has 110 valence electrons. The Labute approximate surface area is 124 Å². The van der Waals surface area contributed by atoms with E-state index in [9.17, 15) is 4.79 Å². The third-order valence-corrected chi connectivity index (χ3v) is 4.16. The average Bonchev–Trinajstić information content (AvgIpc) is 2.94. The number of piperidine rings is 1. The molecule has 2 aromatic rings. The first-order valence-corrected chi connectivity index (χ1v) is 7.35. The number of carbonyl (C=O) groups excluding carboxylic acids is 1. The van der Waals surface area contributed by atoms with Gasteiger partial charge in [0.1, 0.15) is 12.1 Å². The fourth-order valence-corrected chi connectivity index (χ4v) is 2.84. The largest absolute Gasteiger partial charge is 0.371 e. The summed E-state index contributed by atoms with van der Waals surface area (Å²) in [4.78, 5) is 18.0. The van der Waals surface area contributed by atoms with Crippen LogP contribution < -0.4 is 4.90 Å². The SMILES string of the molecule is CC(=O)C1CCN(c2ccc(-c3ncn(C)n3)cc2)CC1. The highest BCUT2D eigenvalue weighted by Gasteiger charge is 2.22. The topological polar surface area (TPSA) is 51.0 Å². The Morgan fingerprint density at radius 3 is 2.38 bits per heavy atom. The molecule has 3 rings (SSSR count). The summed E-state index contributed by atoms with van der Waals surface area (Å²) in [5, 5.41) is 4.31. The molecule has 0 spiro atoms.